The molecule has 2 rings (SSSR count). The van der Waals surface area contributed by atoms with Crippen LogP contribution in [0, 0.1) is 6.92 Å². The van der Waals surface area contributed by atoms with E-state index in [1.807, 2.05) is 37.4 Å². The molecular formula is C16H22N4O2S2. The highest BCUT2D eigenvalue weighted by atomic mass is 32.2. The van der Waals surface area contributed by atoms with Crippen LogP contribution in [-0.4, -0.2) is 30.2 Å². The van der Waals surface area contributed by atoms with Gasteiger partial charge in [0.05, 0.1) is 6.20 Å². The third-order valence-electron chi connectivity index (χ3n) is 2.93. The monoisotopic (exact) mass is 366 g/mol. The van der Waals surface area contributed by atoms with Crippen LogP contribution >= 0.6 is 11.8 Å². The van der Waals surface area contributed by atoms with E-state index in [4.69, 9.17) is 0 Å². The fourth-order valence-corrected chi connectivity index (χ4v) is 3.86. The van der Waals surface area contributed by atoms with E-state index in [9.17, 15) is 8.42 Å². The molecule has 0 radical (unpaired) electrons. The molecule has 6 nitrogen and oxygen atoms in total. The van der Waals surface area contributed by atoms with Crippen molar-refractivity contribution in [1.82, 2.24) is 14.7 Å². The molecule has 0 saturated heterocycles. The molecule has 0 fully saturated rings. The second-order valence-electron chi connectivity index (χ2n) is 6.42. The number of hydrogen-bond acceptors (Lipinski definition) is 6. The Hall–Kier alpha value is -1.64. The van der Waals surface area contributed by atoms with Crippen molar-refractivity contribution in [1.29, 1.82) is 0 Å². The molecule has 0 amide bonds. The molecule has 2 N–H and O–H groups in total. The van der Waals surface area contributed by atoms with Crippen molar-refractivity contribution in [3.8, 4) is 0 Å². The molecule has 24 heavy (non-hydrogen) atoms. The van der Waals surface area contributed by atoms with Gasteiger partial charge in [-0.1, -0.05) is 23.9 Å². The molecule has 0 aliphatic carbocycles. The van der Waals surface area contributed by atoms with E-state index in [0.29, 0.717) is 5.16 Å². The molecule has 0 saturated carbocycles. The van der Waals surface area contributed by atoms with Crippen molar-refractivity contribution in [3.63, 3.8) is 0 Å². The quantitative estimate of drug-likeness (QED) is 0.624. The van der Waals surface area contributed by atoms with Crippen LogP contribution in [0.3, 0.4) is 0 Å². The van der Waals surface area contributed by atoms with Crippen molar-refractivity contribution in [2.24, 2.45) is 0 Å². The molecule has 130 valence electrons. The average molecular weight is 367 g/mol. The van der Waals surface area contributed by atoms with Crippen molar-refractivity contribution < 1.29 is 8.42 Å². The zero-order chi connectivity index (χ0) is 18.0. The van der Waals surface area contributed by atoms with E-state index < -0.39 is 15.6 Å². The van der Waals surface area contributed by atoms with Gasteiger partial charge in [0.2, 0.25) is 10.0 Å². The lowest BCUT2D eigenvalue weighted by molar-refractivity contribution is 0.491. The maximum atomic E-state index is 12.7. The number of nitrogens with zero attached hydrogens (tertiary/aromatic N) is 2. The van der Waals surface area contributed by atoms with Gasteiger partial charge in [-0.25, -0.2) is 23.1 Å². The topological polar surface area (TPSA) is 84.0 Å². The van der Waals surface area contributed by atoms with Crippen molar-refractivity contribution >= 4 is 33.3 Å². The van der Waals surface area contributed by atoms with Gasteiger partial charge in [0.15, 0.2) is 11.0 Å². The fourth-order valence-electron chi connectivity index (χ4n) is 2.06. The Bertz CT molecular complexity index is 830. The molecule has 0 spiro atoms. The largest absolute Gasteiger partial charge is 0.339 e. The summed E-state index contributed by atoms with van der Waals surface area (Å²) in [4.78, 5) is 8.46. The lowest BCUT2D eigenvalue weighted by Crippen LogP contribution is -2.40. The van der Waals surface area contributed by atoms with Crippen LogP contribution in [-0.2, 0) is 10.0 Å². The van der Waals surface area contributed by atoms with Gasteiger partial charge < -0.3 is 5.32 Å². The van der Waals surface area contributed by atoms with Crippen LogP contribution in [0.2, 0.25) is 0 Å². The Balaban J connectivity index is 2.49. The lowest BCUT2D eigenvalue weighted by Gasteiger charge is -2.21. The lowest BCUT2D eigenvalue weighted by atomic mass is 10.1. The molecule has 0 unspecified atom stereocenters. The Labute approximate surface area is 147 Å². The van der Waals surface area contributed by atoms with E-state index in [1.165, 1.54) is 18.0 Å². The second-order valence-corrected chi connectivity index (χ2v) is 8.84. The molecule has 1 aromatic heterocycles. The van der Waals surface area contributed by atoms with Crippen molar-refractivity contribution in [2.45, 2.75) is 43.3 Å². The number of aromatic nitrogens is 2. The van der Waals surface area contributed by atoms with Crippen LogP contribution in [0.25, 0.3) is 0 Å². The van der Waals surface area contributed by atoms with Gasteiger partial charge in [0.1, 0.15) is 4.90 Å². The van der Waals surface area contributed by atoms with Gasteiger partial charge in [-0.05, 0) is 51.6 Å². The molecule has 0 atom stereocenters. The normalized spacial score (nSPS) is 12.2. The Morgan fingerprint density at radius 3 is 2.50 bits per heavy atom. The molecule has 0 aliphatic heterocycles. The molecule has 0 bridgehead atoms. The molecule has 1 heterocycles. The highest BCUT2D eigenvalue weighted by Gasteiger charge is 2.26. The first-order valence-corrected chi connectivity index (χ1v) is 10.1. The number of sulfonamides is 1. The first kappa shape index (κ1) is 18.7. The summed E-state index contributed by atoms with van der Waals surface area (Å²) >= 11 is 1.35. The van der Waals surface area contributed by atoms with Gasteiger partial charge in [0, 0.05) is 11.2 Å². The van der Waals surface area contributed by atoms with Gasteiger partial charge in [-0.2, -0.15) is 0 Å². The van der Waals surface area contributed by atoms with E-state index >= 15 is 0 Å². The van der Waals surface area contributed by atoms with Gasteiger partial charge in [0.25, 0.3) is 0 Å². The van der Waals surface area contributed by atoms with Crippen LogP contribution in [0.1, 0.15) is 26.3 Å². The van der Waals surface area contributed by atoms with Crippen LogP contribution < -0.4 is 10.0 Å². The third kappa shape index (κ3) is 4.93. The number of aryl methyl sites for hydroxylation is 1. The summed E-state index contributed by atoms with van der Waals surface area (Å²) in [6.07, 6.45) is 3.18. The molecular weight excluding hydrogens is 344 g/mol. The minimum absolute atomic E-state index is 0.0248. The van der Waals surface area contributed by atoms with Gasteiger partial charge in [-0.3, -0.25) is 0 Å². The molecule has 8 heteroatoms. The predicted molar refractivity (Wildman–Crippen MR) is 98.3 cm³/mol. The predicted octanol–water partition coefficient (Wildman–Crippen LogP) is 3.33. The first-order valence-electron chi connectivity index (χ1n) is 7.39. The smallest absolute Gasteiger partial charge is 0.246 e. The molecule has 1 aromatic carbocycles. The Morgan fingerprint density at radius 1 is 1.21 bits per heavy atom. The Kier molecular flexibility index (Phi) is 5.52. The maximum absolute atomic E-state index is 12.7. The van der Waals surface area contributed by atoms with E-state index in [1.54, 1.807) is 20.8 Å². The van der Waals surface area contributed by atoms with Crippen LogP contribution in [0.15, 0.2) is 40.5 Å². The summed E-state index contributed by atoms with van der Waals surface area (Å²) in [5.74, 6) is 0.261. The molecule has 2 aromatic rings. The number of anilines is 2. The van der Waals surface area contributed by atoms with Crippen molar-refractivity contribution in [3.05, 3.63) is 36.0 Å². The summed E-state index contributed by atoms with van der Waals surface area (Å²) in [5.41, 5.74) is 1.24. The minimum Gasteiger partial charge on any atom is -0.339 e. The van der Waals surface area contributed by atoms with Crippen molar-refractivity contribution in [2.75, 3.05) is 11.6 Å². The zero-order valence-electron chi connectivity index (χ0n) is 14.4. The first-order chi connectivity index (χ1) is 11.1. The summed E-state index contributed by atoms with van der Waals surface area (Å²) in [5, 5.41) is 3.60. The number of nitrogens with one attached hydrogen (secondary N) is 2. The summed E-state index contributed by atoms with van der Waals surface area (Å²) in [7, 11) is -3.75. The van der Waals surface area contributed by atoms with E-state index in [-0.39, 0.29) is 10.7 Å². The van der Waals surface area contributed by atoms with Crippen LogP contribution in [0.5, 0.6) is 0 Å². The number of thioether (sulfide) groups is 1. The Morgan fingerprint density at radius 2 is 1.92 bits per heavy atom. The number of rotatable bonds is 5. The number of benzene rings is 1. The van der Waals surface area contributed by atoms with E-state index in [2.05, 4.69) is 20.0 Å². The summed E-state index contributed by atoms with van der Waals surface area (Å²) in [6, 6.07) is 7.66. The molecule has 0 aliphatic rings. The average Bonchev–Trinajstić information content (AvgIpc) is 2.44. The minimum atomic E-state index is -3.75. The third-order valence-corrected chi connectivity index (χ3v) is 5.25. The fraction of sp³-hybridized carbons (Fsp3) is 0.375. The van der Waals surface area contributed by atoms with Gasteiger partial charge >= 0.3 is 0 Å². The zero-order valence-corrected chi connectivity index (χ0v) is 16.0. The highest BCUT2D eigenvalue weighted by Crippen LogP contribution is 2.25. The highest BCUT2D eigenvalue weighted by molar-refractivity contribution is 7.98. The standard InChI is InChI=1S/C16H22N4O2S2/c1-11-7-6-8-12(9-11)18-14-13(10-17-15(19-14)23-5)24(21,22)20-16(2,3)4/h6-10,20H,1-5H3,(H,17,18,19). The maximum Gasteiger partial charge on any atom is 0.246 e. The van der Waals surface area contributed by atoms with E-state index in [0.717, 1.165) is 11.3 Å². The SMILES string of the molecule is CSc1ncc(S(=O)(=O)NC(C)(C)C)c(Nc2cccc(C)c2)n1. The summed E-state index contributed by atoms with van der Waals surface area (Å²) in [6.45, 7) is 7.33. The number of hydrogen-bond donors (Lipinski definition) is 2. The second kappa shape index (κ2) is 7.08. The summed E-state index contributed by atoms with van der Waals surface area (Å²) < 4.78 is 28.0. The van der Waals surface area contributed by atoms with Crippen LogP contribution in [0.4, 0.5) is 11.5 Å². The van der Waals surface area contributed by atoms with Gasteiger partial charge in [-0.15, -0.1) is 0 Å².